The van der Waals surface area contributed by atoms with Crippen LogP contribution >= 0.6 is 0 Å². The van der Waals surface area contributed by atoms with Crippen molar-refractivity contribution < 1.29 is 9.47 Å². The van der Waals surface area contributed by atoms with E-state index in [4.69, 9.17) is 9.47 Å². The van der Waals surface area contributed by atoms with E-state index in [1.54, 1.807) is 0 Å². The first-order valence-electron chi connectivity index (χ1n) is 9.56. The van der Waals surface area contributed by atoms with Gasteiger partial charge in [0.2, 0.25) is 0 Å². The summed E-state index contributed by atoms with van der Waals surface area (Å²) in [6, 6.07) is 0.573. The molecule has 0 aromatic heterocycles. The Morgan fingerprint density at radius 2 is 2.00 bits per heavy atom. The van der Waals surface area contributed by atoms with Crippen molar-refractivity contribution in [3.63, 3.8) is 0 Å². The second kappa shape index (κ2) is 10.9. The maximum atomic E-state index is 5.68. The molecule has 2 N–H and O–H groups in total. The van der Waals surface area contributed by atoms with Crippen LogP contribution in [0.25, 0.3) is 0 Å². The van der Waals surface area contributed by atoms with E-state index >= 15 is 0 Å². The Labute approximate surface area is 141 Å². The topological polar surface area (TPSA) is 54.9 Å². The number of hydrogen-bond donors (Lipinski definition) is 2. The standard InChI is InChI=1S/C18H35N3O2/c1-3-15-7-9-16(10-8-15)21-18(19-4-2)20-11-13-22-14-17-6-5-12-23-17/h15-17H,3-14H2,1-2H3,(H2,19,20,21). The van der Waals surface area contributed by atoms with Gasteiger partial charge in [-0.25, -0.2) is 0 Å². The molecule has 1 atom stereocenters. The van der Waals surface area contributed by atoms with Crippen molar-refractivity contribution in [3.05, 3.63) is 0 Å². The van der Waals surface area contributed by atoms with E-state index in [9.17, 15) is 0 Å². The minimum atomic E-state index is 0.305. The molecule has 0 spiro atoms. The quantitative estimate of drug-likeness (QED) is 0.409. The van der Waals surface area contributed by atoms with Gasteiger partial charge in [0.1, 0.15) is 0 Å². The van der Waals surface area contributed by atoms with Crippen LogP contribution in [0.2, 0.25) is 0 Å². The van der Waals surface area contributed by atoms with E-state index < -0.39 is 0 Å². The first kappa shape index (κ1) is 18.5. The molecule has 0 radical (unpaired) electrons. The van der Waals surface area contributed by atoms with Crippen LogP contribution in [-0.2, 0) is 9.47 Å². The van der Waals surface area contributed by atoms with Gasteiger partial charge in [0, 0.05) is 19.2 Å². The monoisotopic (exact) mass is 325 g/mol. The van der Waals surface area contributed by atoms with Crippen molar-refractivity contribution in [1.29, 1.82) is 0 Å². The average molecular weight is 325 g/mol. The minimum Gasteiger partial charge on any atom is -0.377 e. The van der Waals surface area contributed by atoms with Gasteiger partial charge in [-0.1, -0.05) is 13.3 Å². The molecule has 23 heavy (non-hydrogen) atoms. The molecule has 134 valence electrons. The van der Waals surface area contributed by atoms with E-state index in [0.717, 1.165) is 31.4 Å². The lowest BCUT2D eigenvalue weighted by Gasteiger charge is -2.29. The van der Waals surface area contributed by atoms with Crippen LogP contribution in [0.4, 0.5) is 0 Å². The number of aliphatic imine (C=N–C) groups is 1. The molecular weight excluding hydrogens is 290 g/mol. The largest absolute Gasteiger partial charge is 0.377 e. The van der Waals surface area contributed by atoms with Crippen molar-refractivity contribution in [2.45, 2.75) is 70.9 Å². The molecule has 5 nitrogen and oxygen atoms in total. The third-order valence-electron chi connectivity index (χ3n) is 4.94. The van der Waals surface area contributed by atoms with Gasteiger partial charge in [-0.2, -0.15) is 0 Å². The zero-order chi connectivity index (χ0) is 16.3. The van der Waals surface area contributed by atoms with Gasteiger partial charge in [-0.3, -0.25) is 4.99 Å². The smallest absolute Gasteiger partial charge is 0.191 e. The first-order valence-corrected chi connectivity index (χ1v) is 9.56. The number of nitrogens with one attached hydrogen (secondary N) is 2. The van der Waals surface area contributed by atoms with Crippen molar-refractivity contribution >= 4 is 5.96 Å². The Kier molecular flexibility index (Phi) is 8.76. The van der Waals surface area contributed by atoms with Gasteiger partial charge in [0.05, 0.1) is 25.9 Å². The minimum absolute atomic E-state index is 0.305. The fourth-order valence-corrected chi connectivity index (χ4v) is 3.44. The average Bonchev–Trinajstić information content (AvgIpc) is 3.09. The summed E-state index contributed by atoms with van der Waals surface area (Å²) in [5.41, 5.74) is 0. The van der Waals surface area contributed by atoms with E-state index in [1.807, 2.05) is 0 Å². The summed E-state index contributed by atoms with van der Waals surface area (Å²) in [6.07, 6.45) is 9.14. The number of hydrogen-bond acceptors (Lipinski definition) is 3. The third kappa shape index (κ3) is 7.08. The maximum absolute atomic E-state index is 5.68. The van der Waals surface area contributed by atoms with Crippen LogP contribution in [0.5, 0.6) is 0 Å². The van der Waals surface area contributed by atoms with E-state index in [1.165, 1.54) is 38.5 Å². The fraction of sp³-hybridized carbons (Fsp3) is 0.944. The third-order valence-corrected chi connectivity index (χ3v) is 4.94. The summed E-state index contributed by atoms with van der Waals surface area (Å²) in [4.78, 5) is 4.64. The van der Waals surface area contributed by atoms with Crippen LogP contribution in [0.3, 0.4) is 0 Å². The molecule has 1 saturated carbocycles. The zero-order valence-corrected chi connectivity index (χ0v) is 15.0. The van der Waals surface area contributed by atoms with Gasteiger partial charge >= 0.3 is 0 Å². The normalized spacial score (nSPS) is 28.8. The van der Waals surface area contributed by atoms with Crippen LogP contribution in [0.15, 0.2) is 4.99 Å². The van der Waals surface area contributed by atoms with Crippen molar-refractivity contribution in [2.24, 2.45) is 10.9 Å². The fourth-order valence-electron chi connectivity index (χ4n) is 3.44. The summed E-state index contributed by atoms with van der Waals surface area (Å²) < 4.78 is 11.2. The summed E-state index contributed by atoms with van der Waals surface area (Å²) >= 11 is 0. The first-order chi connectivity index (χ1) is 11.3. The van der Waals surface area contributed by atoms with Crippen molar-refractivity contribution in [3.8, 4) is 0 Å². The maximum Gasteiger partial charge on any atom is 0.191 e. The van der Waals surface area contributed by atoms with E-state index in [0.29, 0.717) is 31.9 Å². The Balaban J connectivity index is 1.63. The van der Waals surface area contributed by atoms with E-state index in [-0.39, 0.29) is 0 Å². The number of ether oxygens (including phenoxy) is 2. The predicted molar refractivity (Wildman–Crippen MR) is 94.9 cm³/mol. The second-order valence-corrected chi connectivity index (χ2v) is 6.74. The lowest BCUT2D eigenvalue weighted by atomic mass is 9.84. The summed E-state index contributed by atoms with van der Waals surface area (Å²) in [6.45, 7) is 8.28. The van der Waals surface area contributed by atoms with Gasteiger partial charge in [-0.05, 0) is 51.4 Å². The number of nitrogens with zero attached hydrogens (tertiary/aromatic N) is 1. The van der Waals surface area contributed by atoms with Gasteiger partial charge in [0.15, 0.2) is 5.96 Å². The molecule has 0 aromatic rings. The molecule has 5 heteroatoms. The highest BCUT2D eigenvalue weighted by Gasteiger charge is 2.20. The van der Waals surface area contributed by atoms with Crippen LogP contribution in [0.1, 0.15) is 58.8 Å². The molecule has 1 aliphatic carbocycles. The van der Waals surface area contributed by atoms with Gasteiger partial charge < -0.3 is 20.1 Å². The van der Waals surface area contributed by atoms with Crippen LogP contribution < -0.4 is 10.6 Å². The van der Waals surface area contributed by atoms with E-state index in [2.05, 4.69) is 29.5 Å². The molecule has 1 heterocycles. The molecule has 2 fully saturated rings. The second-order valence-electron chi connectivity index (χ2n) is 6.74. The highest BCUT2D eigenvalue weighted by Crippen LogP contribution is 2.26. The highest BCUT2D eigenvalue weighted by atomic mass is 16.5. The summed E-state index contributed by atoms with van der Waals surface area (Å²) in [7, 11) is 0. The molecule has 1 saturated heterocycles. The molecular formula is C18H35N3O2. The molecule has 0 aromatic carbocycles. The van der Waals surface area contributed by atoms with Crippen LogP contribution in [-0.4, -0.2) is 51.0 Å². The Morgan fingerprint density at radius 3 is 2.65 bits per heavy atom. The predicted octanol–water partition coefficient (Wildman–Crippen LogP) is 2.71. The van der Waals surface area contributed by atoms with Gasteiger partial charge in [0.25, 0.3) is 0 Å². The van der Waals surface area contributed by atoms with Gasteiger partial charge in [-0.15, -0.1) is 0 Å². The SMILES string of the molecule is CCNC(=NCCOCC1CCCO1)NC1CCC(CC)CC1. The number of guanidine groups is 1. The Bertz CT molecular complexity index is 335. The lowest BCUT2D eigenvalue weighted by Crippen LogP contribution is -2.45. The molecule has 1 unspecified atom stereocenters. The Morgan fingerprint density at radius 1 is 1.17 bits per heavy atom. The van der Waals surface area contributed by atoms with Crippen molar-refractivity contribution in [2.75, 3.05) is 32.9 Å². The molecule has 2 aliphatic rings. The van der Waals surface area contributed by atoms with Crippen LogP contribution in [0, 0.1) is 5.92 Å². The zero-order valence-electron chi connectivity index (χ0n) is 15.0. The Hall–Kier alpha value is -0.810. The molecule has 1 aliphatic heterocycles. The molecule has 2 rings (SSSR count). The number of rotatable bonds is 8. The van der Waals surface area contributed by atoms with Crippen molar-refractivity contribution in [1.82, 2.24) is 10.6 Å². The summed E-state index contributed by atoms with van der Waals surface area (Å²) in [5, 5.41) is 6.94. The highest BCUT2D eigenvalue weighted by molar-refractivity contribution is 5.80. The lowest BCUT2D eigenvalue weighted by molar-refractivity contribution is 0.0200. The summed E-state index contributed by atoms with van der Waals surface area (Å²) in [5.74, 6) is 1.87. The molecule has 0 bridgehead atoms. The molecule has 0 amide bonds.